The van der Waals surface area contributed by atoms with Crippen LogP contribution in [-0.2, 0) is 16.1 Å². The lowest BCUT2D eigenvalue weighted by Crippen LogP contribution is -2.17. The quantitative estimate of drug-likeness (QED) is 0.264. The summed E-state index contributed by atoms with van der Waals surface area (Å²) < 4.78 is 6.95. The molecule has 4 heteroatoms. The number of esters is 1. The molecule has 0 unspecified atom stereocenters. The lowest BCUT2D eigenvalue weighted by Gasteiger charge is -2.07. The lowest BCUT2D eigenvalue weighted by molar-refractivity contribution is -0.137. The number of carbonyl (C=O) groups excluding carboxylic acids is 2. The lowest BCUT2D eigenvalue weighted by atomic mass is 10.0. The van der Waals surface area contributed by atoms with Gasteiger partial charge >= 0.3 is 5.97 Å². The maximum absolute atomic E-state index is 12.7. The molecule has 0 N–H and O–H groups in total. The van der Waals surface area contributed by atoms with Crippen LogP contribution in [0.25, 0.3) is 22.0 Å². The first-order valence-corrected chi connectivity index (χ1v) is 9.61. The van der Waals surface area contributed by atoms with Gasteiger partial charge in [0.1, 0.15) is 0 Å². The molecule has 1 aromatic heterocycles. The van der Waals surface area contributed by atoms with E-state index in [-0.39, 0.29) is 6.61 Å². The third-order valence-electron chi connectivity index (χ3n) is 4.89. The van der Waals surface area contributed by atoms with E-state index in [1.54, 1.807) is 13.1 Å². The van der Waals surface area contributed by atoms with Crippen LogP contribution in [0, 0.1) is 0 Å². The van der Waals surface area contributed by atoms with Gasteiger partial charge in [0.2, 0.25) is 0 Å². The van der Waals surface area contributed by atoms with Gasteiger partial charge in [-0.15, -0.1) is 0 Å². The van der Waals surface area contributed by atoms with Gasteiger partial charge in [-0.3, -0.25) is 4.79 Å². The number of hydrogen-bond donors (Lipinski definition) is 0. The van der Waals surface area contributed by atoms with Crippen molar-refractivity contribution in [2.24, 2.45) is 0 Å². The molecule has 0 aliphatic rings. The van der Waals surface area contributed by atoms with Crippen LogP contribution in [0.3, 0.4) is 0 Å². The summed E-state index contributed by atoms with van der Waals surface area (Å²) in [5.74, 6) is -1.44. The van der Waals surface area contributed by atoms with E-state index in [2.05, 4.69) is 18.2 Å². The largest absolute Gasteiger partial charge is 0.460 e. The second-order valence-corrected chi connectivity index (χ2v) is 6.80. The minimum atomic E-state index is -0.821. The second-order valence-electron chi connectivity index (χ2n) is 6.80. The van der Waals surface area contributed by atoms with Gasteiger partial charge in [0.25, 0.3) is 5.78 Å². The molecule has 0 saturated carbocycles. The standard InChI is InChI=1S/C25H21NO3/c1-2-29-25(28)24(27)22-17-26(16-18-9-5-3-6-10-18)23-15-20(13-14-21(22)23)19-11-7-4-8-12-19/h3-15,17H,2,16H2,1H3. The molecule has 0 bridgehead atoms. The molecule has 0 atom stereocenters. The van der Waals surface area contributed by atoms with E-state index in [0.29, 0.717) is 12.1 Å². The molecule has 0 amide bonds. The van der Waals surface area contributed by atoms with Crippen LogP contribution in [0.15, 0.2) is 85.1 Å². The van der Waals surface area contributed by atoms with Gasteiger partial charge in [0.15, 0.2) is 0 Å². The Labute approximate surface area is 169 Å². The minimum absolute atomic E-state index is 0.172. The Hall–Kier alpha value is -3.66. The van der Waals surface area contributed by atoms with Crippen LogP contribution in [0.4, 0.5) is 0 Å². The number of fused-ring (bicyclic) bond motifs is 1. The van der Waals surface area contributed by atoms with Crippen molar-refractivity contribution in [3.63, 3.8) is 0 Å². The molecule has 144 valence electrons. The van der Waals surface area contributed by atoms with E-state index in [4.69, 9.17) is 4.74 Å². The summed E-state index contributed by atoms with van der Waals surface area (Å²) in [5, 5.41) is 0.749. The molecule has 1 heterocycles. The maximum atomic E-state index is 12.7. The van der Waals surface area contributed by atoms with Crippen molar-refractivity contribution < 1.29 is 14.3 Å². The molecule has 0 fully saturated rings. The zero-order chi connectivity index (χ0) is 20.2. The van der Waals surface area contributed by atoms with Gasteiger partial charge in [-0.1, -0.05) is 72.8 Å². The van der Waals surface area contributed by atoms with Crippen LogP contribution >= 0.6 is 0 Å². The Morgan fingerprint density at radius 2 is 1.55 bits per heavy atom. The van der Waals surface area contributed by atoms with E-state index in [0.717, 1.165) is 27.6 Å². The van der Waals surface area contributed by atoms with Crippen LogP contribution in [-0.4, -0.2) is 22.9 Å². The fourth-order valence-electron chi connectivity index (χ4n) is 3.50. The molecule has 4 aromatic rings. The summed E-state index contributed by atoms with van der Waals surface area (Å²) in [6.45, 7) is 2.47. The second kappa shape index (κ2) is 8.15. The zero-order valence-corrected chi connectivity index (χ0v) is 16.2. The number of benzene rings is 3. The third-order valence-corrected chi connectivity index (χ3v) is 4.89. The topological polar surface area (TPSA) is 48.3 Å². The van der Waals surface area contributed by atoms with Crippen molar-refractivity contribution >= 4 is 22.7 Å². The molecular formula is C25H21NO3. The fraction of sp³-hybridized carbons (Fsp3) is 0.120. The van der Waals surface area contributed by atoms with Crippen molar-refractivity contribution in [2.45, 2.75) is 13.5 Å². The average Bonchev–Trinajstić information content (AvgIpc) is 3.12. The molecule has 0 radical (unpaired) electrons. The number of ketones is 1. The molecular weight excluding hydrogens is 362 g/mol. The Bertz CT molecular complexity index is 1160. The van der Waals surface area contributed by atoms with E-state index in [1.165, 1.54) is 0 Å². The number of rotatable bonds is 6. The highest BCUT2D eigenvalue weighted by molar-refractivity contribution is 6.43. The Morgan fingerprint density at radius 1 is 0.862 bits per heavy atom. The minimum Gasteiger partial charge on any atom is -0.460 e. The van der Waals surface area contributed by atoms with E-state index >= 15 is 0 Å². The van der Waals surface area contributed by atoms with E-state index in [9.17, 15) is 9.59 Å². The monoisotopic (exact) mass is 383 g/mol. The van der Waals surface area contributed by atoms with Crippen LogP contribution in [0.1, 0.15) is 22.8 Å². The Balaban J connectivity index is 1.84. The van der Waals surface area contributed by atoms with Crippen molar-refractivity contribution in [2.75, 3.05) is 6.61 Å². The Kier molecular flexibility index (Phi) is 5.25. The molecule has 0 spiro atoms. The van der Waals surface area contributed by atoms with E-state index < -0.39 is 11.8 Å². The number of carbonyl (C=O) groups is 2. The maximum Gasteiger partial charge on any atom is 0.379 e. The van der Waals surface area contributed by atoms with Gasteiger partial charge < -0.3 is 9.30 Å². The van der Waals surface area contributed by atoms with Crippen molar-refractivity contribution in [3.8, 4) is 11.1 Å². The smallest absolute Gasteiger partial charge is 0.379 e. The van der Waals surface area contributed by atoms with Crippen molar-refractivity contribution in [1.82, 2.24) is 4.57 Å². The number of hydrogen-bond acceptors (Lipinski definition) is 3. The van der Waals surface area contributed by atoms with Crippen LogP contribution in [0.2, 0.25) is 0 Å². The number of aromatic nitrogens is 1. The van der Waals surface area contributed by atoms with E-state index in [1.807, 2.05) is 65.2 Å². The number of Topliss-reactive ketones (excluding diaryl/α,β-unsaturated/α-hetero) is 1. The summed E-state index contributed by atoms with van der Waals surface area (Å²) >= 11 is 0. The molecule has 0 saturated heterocycles. The predicted octanol–water partition coefficient (Wildman–Crippen LogP) is 5.10. The number of nitrogens with zero attached hydrogens (tertiary/aromatic N) is 1. The predicted molar refractivity (Wildman–Crippen MR) is 114 cm³/mol. The van der Waals surface area contributed by atoms with Gasteiger partial charge in [0, 0.05) is 23.6 Å². The zero-order valence-electron chi connectivity index (χ0n) is 16.2. The summed E-state index contributed by atoms with van der Waals surface area (Å²) in [6, 6.07) is 26.1. The average molecular weight is 383 g/mol. The van der Waals surface area contributed by atoms with Crippen LogP contribution in [0.5, 0.6) is 0 Å². The molecule has 0 aliphatic heterocycles. The normalized spacial score (nSPS) is 10.8. The fourth-order valence-corrected chi connectivity index (χ4v) is 3.50. The number of ether oxygens (including phenoxy) is 1. The van der Waals surface area contributed by atoms with Crippen molar-refractivity contribution in [1.29, 1.82) is 0 Å². The summed E-state index contributed by atoms with van der Waals surface area (Å²) in [4.78, 5) is 24.7. The molecule has 4 nitrogen and oxygen atoms in total. The summed E-state index contributed by atoms with van der Waals surface area (Å²) in [7, 11) is 0. The first-order chi connectivity index (χ1) is 14.2. The third kappa shape index (κ3) is 3.83. The van der Waals surface area contributed by atoms with Gasteiger partial charge in [-0.2, -0.15) is 0 Å². The van der Waals surface area contributed by atoms with Crippen molar-refractivity contribution in [3.05, 3.63) is 96.2 Å². The summed E-state index contributed by atoms with van der Waals surface area (Å²) in [6.07, 6.45) is 1.76. The first kappa shape index (κ1) is 18.7. The molecule has 0 aliphatic carbocycles. The Morgan fingerprint density at radius 3 is 2.24 bits per heavy atom. The van der Waals surface area contributed by atoms with Gasteiger partial charge in [-0.25, -0.2) is 4.79 Å². The molecule has 3 aromatic carbocycles. The highest BCUT2D eigenvalue weighted by Crippen LogP contribution is 2.29. The van der Waals surface area contributed by atoms with Crippen LogP contribution < -0.4 is 0 Å². The SMILES string of the molecule is CCOC(=O)C(=O)c1cn(Cc2ccccc2)c2cc(-c3ccccc3)ccc12. The first-order valence-electron chi connectivity index (χ1n) is 9.61. The van der Waals surface area contributed by atoms with Gasteiger partial charge in [0.05, 0.1) is 12.2 Å². The highest BCUT2D eigenvalue weighted by Gasteiger charge is 2.23. The molecule has 4 rings (SSSR count). The highest BCUT2D eigenvalue weighted by atomic mass is 16.5. The summed E-state index contributed by atoms with van der Waals surface area (Å²) in [5.41, 5.74) is 4.54. The van der Waals surface area contributed by atoms with Gasteiger partial charge in [-0.05, 0) is 29.7 Å². The molecule has 29 heavy (non-hydrogen) atoms.